The molecule has 0 fully saturated rings. The fourth-order valence-corrected chi connectivity index (χ4v) is 5.56. The molecule has 1 N–H and O–H groups in total. The topological polar surface area (TPSA) is 105 Å². The number of nitrogens with one attached hydrogen (secondary N) is 1. The first-order valence-electron chi connectivity index (χ1n) is 13.6. The number of halogens is 1. The number of nitrogens with zero attached hydrogens (tertiary/aromatic N) is 2. The van der Waals surface area contributed by atoms with Gasteiger partial charge in [-0.15, -0.1) is 0 Å². The summed E-state index contributed by atoms with van der Waals surface area (Å²) < 4.78 is 38.3. The van der Waals surface area contributed by atoms with E-state index in [9.17, 15) is 18.0 Å². The quantitative estimate of drug-likeness (QED) is 0.363. The molecule has 2 amide bonds. The Bertz CT molecular complexity index is 1510. The zero-order chi connectivity index (χ0) is 30.5. The highest BCUT2D eigenvalue weighted by Gasteiger charge is 2.34. The Hall–Kier alpha value is -3.76. The number of carbonyl (C=O) groups excluding carboxylic acids is 2. The fraction of sp³-hybridized carbons (Fsp3) is 0.355. The summed E-state index contributed by atoms with van der Waals surface area (Å²) in [5.74, 6) is -0.00514. The number of sulfonamides is 1. The van der Waals surface area contributed by atoms with E-state index in [4.69, 9.17) is 21.1 Å². The van der Waals surface area contributed by atoms with Crippen molar-refractivity contribution in [1.29, 1.82) is 0 Å². The first-order valence-corrected chi connectivity index (χ1v) is 15.8. The molecule has 0 aromatic heterocycles. The van der Waals surface area contributed by atoms with E-state index in [1.165, 1.54) is 4.90 Å². The van der Waals surface area contributed by atoms with Crippen molar-refractivity contribution in [3.05, 3.63) is 88.9 Å². The van der Waals surface area contributed by atoms with Crippen LogP contribution in [0.3, 0.4) is 0 Å². The van der Waals surface area contributed by atoms with Crippen LogP contribution in [0.15, 0.2) is 72.8 Å². The second-order valence-electron chi connectivity index (χ2n) is 11.2. The van der Waals surface area contributed by atoms with Crippen LogP contribution in [0.2, 0.25) is 5.02 Å². The Labute approximate surface area is 252 Å². The van der Waals surface area contributed by atoms with Gasteiger partial charge in [-0.2, -0.15) is 0 Å². The van der Waals surface area contributed by atoms with Crippen LogP contribution < -0.4 is 19.1 Å². The van der Waals surface area contributed by atoms with E-state index in [-0.39, 0.29) is 24.6 Å². The third-order valence-electron chi connectivity index (χ3n) is 6.53. The Morgan fingerprint density at radius 1 is 0.929 bits per heavy atom. The summed E-state index contributed by atoms with van der Waals surface area (Å²) in [6.07, 6.45) is 1.26. The minimum atomic E-state index is -3.91. The monoisotopic (exact) mass is 613 g/mol. The molecule has 0 aliphatic carbocycles. The third kappa shape index (κ3) is 8.39. The molecule has 0 bridgehead atoms. The molecule has 224 valence electrons. The van der Waals surface area contributed by atoms with Gasteiger partial charge < -0.3 is 19.7 Å². The molecular formula is C31H36ClN3O6S. The van der Waals surface area contributed by atoms with Gasteiger partial charge in [0.05, 0.1) is 11.9 Å². The van der Waals surface area contributed by atoms with Gasteiger partial charge in [-0.05, 0) is 56.2 Å². The number of ether oxygens (including phenoxy) is 2. The smallest absolute Gasteiger partial charge is 0.244 e. The Balaban J connectivity index is 1.74. The molecule has 0 spiro atoms. The van der Waals surface area contributed by atoms with Gasteiger partial charge >= 0.3 is 0 Å². The standard InChI is InChI=1S/C31H36ClN3O6S/c1-31(2,3)33-30(37)26(18-22-8-6-5-7-9-22)34(20-23-10-12-24(32)13-11-23)29(36)21-35(42(4,38)39)25-14-15-27-28(19-25)41-17-16-40-27/h5-15,19,26H,16-18,20-21H2,1-4H3,(H,33,37). The summed E-state index contributed by atoms with van der Waals surface area (Å²) in [4.78, 5) is 29.4. The summed E-state index contributed by atoms with van der Waals surface area (Å²) in [5.41, 5.74) is 1.28. The van der Waals surface area contributed by atoms with Crippen molar-refractivity contribution in [2.45, 2.75) is 45.3 Å². The lowest BCUT2D eigenvalue weighted by Gasteiger charge is -2.35. The Morgan fingerprint density at radius 3 is 2.19 bits per heavy atom. The predicted molar refractivity (Wildman–Crippen MR) is 163 cm³/mol. The van der Waals surface area contributed by atoms with E-state index in [2.05, 4.69) is 5.32 Å². The molecule has 1 aliphatic heterocycles. The summed E-state index contributed by atoms with van der Waals surface area (Å²) in [6, 6.07) is 20.2. The Morgan fingerprint density at radius 2 is 1.57 bits per heavy atom. The molecule has 42 heavy (non-hydrogen) atoms. The van der Waals surface area contributed by atoms with Crippen LogP contribution in [-0.4, -0.2) is 62.7 Å². The molecule has 1 atom stereocenters. The van der Waals surface area contributed by atoms with Gasteiger partial charge in [0.15, 0.2) is 11.5 Å². The largest absolute Gasteiger partial charge is 0.486 e. The van der Waals surface area contributed by atoms with E-state index >= 15 is 0 Å². The number of fused-ring (bicyclic) bond motifs is 1. The van der Waals surface area contributed by atoms with Crippen molar-refractivity contribution < 1.29 is 27.5 Å². The maximum absolute atomic E-state index is 14.2. The lowest BCUT2D eigenvalue weighted by Crippen LogP contribution is -2.56. The van der Waals surface area contributed by atoms with Gasteiger partial charge in [0.25, 0.3) is 0 Å². The number of carbonyl (C=O) groups is 2. The second-order valence-corrected chi connectivity index (χ2v) is 13.5. The van der Waals surface area contributed by atoms with Crippen molar-refractivity contribution in [1.82, 2.24) is 10.2 Å². The highest BCUT2D eigenvalue weighted by Crippen LogP contribution is 2.35. The van der Waals surface area contributed by atoms with Crippen molar-refractivity contribution in [2.75, 3.05) is 30.3 Å². The molecule has 0 radical (unpaired) electrons. The normalized spacial score (nSPS) is 13.6. The van der Waals surface area contributed by atoms with Crippen LogP contribution in [0.5, 0.6) is 11.5 Å². The zero-order valence-corrected chi connectivity index (χ0v) is 25.7. The minimum Gasteiger partial charge on any atom is -0.486 e. The average Bonchev–Trinajstić information content (AvgIpc) is 2.93. The highest BCUT2D eigenvalue weighted by molar-refractivity contribution is 7.92. The van der Waals surface area contributed by atoms with E-state index < -0.39 is 34.1 Å². The third-order valence-corrected chi connectivity index (χ3v) is 7.92. The number of amides is 2. The number of benzene rings is 3. The van der Waals surface area contributed by atoms with E-state index in [1.54, 1.807) is 42.5 Å². The number of rotatable bonds is 10. The summed E-state index contributed by atoms with van der Waals surface area (Å²) in [5, 5.41) is 3.54. The molecule has 4 rings (SSSR count). The van der Waals surface area contributed by atoms with Gasteiger partial charge in [0.1, 0.15) is 25.8 Å². The Kier molecular flexibility index (Phi) is 9.68. The second kappa shape index (κ2) is 13.0. The van der Waals surface area contributed by atoms with E-state index in [0.717, 1.165) is 21.7 Å². The SMILES string of the molecule is CC(C)(C)NC(=O)C(Cc1ccccc1)N(Cc1ccc(Cl)cc1)C(=O)CN(c1ccc2c(c1)OCCO2)S(C)(=O)=O. The highest BCUT2D eigenvalue weighted by atomic mass is 35.5. The van der Waals surface area contributed by atoms with Crippen molar-refractivity contribution >= 4 is 39.1 Å². The number of hydrogen-bond acceptors (Lipinski definition) is 6. The van der Waals surface area contributed by atoms with Crippen LogP contribution in [0.1, 0.15) is 31.9 Å². The van der Waals surface area contributed by atoms with Crippen molar-refractivity contribution in [3.8, 4) is 11.5 Å². The molecule has 0 saturated carbocycles. The molecule has 1 heterocycles. The summed E-state index contributed by atoms with van der Waals surface area (Å²) in [7, 11) is -3.91. The maximum atomic E-state index is 14.2. The van der Waals surface area contributed by atoms with Gasteiger partial charge in [-0.1, -0.05) is 54.1 Å². The molecule has 1 unspecified atom stereocenters. The van der Waals surface area contributed by atoms with Gasteiger partial charge in [0, 0.05) is 29.6 Å². The van der Waals surface area contributed by atoms with Crippen LogP contribution in [0.25, 0.3) is 0 Å². The first kappa shape index (κ1) is 31.2. The molecular weight excluding hydrogens is 578 g/mol. The molecule has 3 aromatic rings. The van der Waals surface area contributed by atoms with Crippen LogP contribution >= 0.6 is 11.6 Å². The lowest BCUT2D eigenvalue weighted by atomic mass is 10.0. The average molecular weight is 614 g/mol. The van der Waals surface area contributed by atoms with Gasteiger partial charge in [-0.3, -0.25) is 13.9 Å². The molecule has 3 aromatic carbocycles. The minimum absolute atomic E-state index is 0.0593. The lowest BCUT2D eigenvalue weighted by molar-refractivity contribution is -0.140. The molecule has 0 saturated heterocycles. The van der Waals surface area contributed by atoms with E-state index in [1.807, 2.05) is 51.1 Å². The number of hydrogen-bond donors (Lipinski definition) is 1. The molecule has 9 nitrogen and oxygen atoms in total. The maximum Gasteiger partial charge on any atom is 0.244 e. The van der Waals surface area contributed by atoms with Crippen molar-refractivity contribution in [3.63, 3.8) is 0 Å². The van der Waals surface area contributed by atoms with Crippen molar-refractivity contribution in [2.24, 2.45) is 0 Å². The zero-order valence-electron chi connectivity index (χ0n) is 24.2. The predicted octanol–water partition coefficient (Wildman–Crippen LogP) is 4.43. The van der Waals surface area contributed by atoms with Gasteiger partial charge in [0.2, 0.25) is 21.8 Å². The fourth-order valence-electron chi connectivity index (χ4n) is 4.59. The van der Waals surface area contributed by atoms with Crippen LogP contribution in [0.4, 0.5) is 5.69 Å². The van der Waals surface area contributed by atoms with Crippen LogP contribution in [-0.2, 0) is 32.6 Å². The molecule has 1 aliphatic rings. The number of anilines is 1. The van der Waals surface area contributed by atoms with E-state index in [0.29, 0.717) is 29.7 Å². The van der Waals surface area contributed by atoms with Gasteiger partial charge in [-0.25, -0.2) is 8.42 Å². The molecule has 11 heteroatoms. The van der Waals surface area contributed by atoms with Crippen LogP contribution in [0, 0.1) is 0 Å². The summed E-state index contributed by atoms with van der Waals surface area (Å²) >= 11 is 6.10. The first-order chi connectivity index (χ1) is 19.8. The summed E-state index contributed by atoms with van der Waals surface area (Å²) in [6.45, 7) is 5.84.